The van der Waals surface area contributed by atoms with Crippen molar-refractivity contribution < 1.29 is 89.2 Å². The van der Waals surface area contributed by atoms with Crippen LogP contribution < -0.4 is 48.4 Å². The maximum absolute atomic E-state index is 0. The predicted molar refractivity (Wildman–Crippen MR) is 0 cm³/mol. The second-order valence-corrected chi connectivity index (χ2v) is 0. The van der Waals surface area contributed by atoms with Crippen LogP contribution in [0.3, 0.4) is 0 Å². The zero-order valence-electron chi connectivity index (χ0n) is 3.01. The molecule has 0 heterocycles. The molecule has 0 aromatic carbocycles. The molecule has 1 radical (unpaired) electrons. The Morgan fingerprint density at radius 1 is 0.500 bits per heavy atom. The number of hydrogen-bond donors (Lipinski definition) is 0. The van der Waals surface area contributed by atoms with Crippen molar-refractivity contribution in [2.75, 3.05) is 0 Å². The van der Waals surface area contributed by atoms with Crippen molar-refractivity contribution >= 4 is 0 Å². The Balaban J connectivity index is 0. The fourth-order valence-corrected chi connectivity index (χ4v) is 0. The number of rotatable bonds is 0. The normalized spacial score (nSPS) is 0. The molecule has 0 bridgehead atoms. The van der Waals surface area contributed by atoms with Crippen LogP contribution in [0.15, 0.2) is 0 Å². The molecule has 0 N–H and O–H groups in total. The molecular weight excluding hydrogens is 243 g/mol. The van der Waals surface area contributed by atoms with E-state index in [1.165, 1.54) is 0 Å². The molecule has 33 valence electrons. The van der Waals surface area contributed by atoms with Gasteiger partial charge in [0.25, 0.3) is 0 Å². The molecule has 0 atom stereocenters. The van der Waals surface area contributed by atoms with Crippen molar-refractivity contribution in [3.63, 3.8) is 0 Å². The van der Waals surface area contributed by atoms with Gasteiger partial charge in [-0.3, -0.25) is 0 Å². The first kappa shape index (κ1) is 94.1. The van der Waals surface area contributed by atoms with Gasteiger partial charge in [0, 0.05) is 0 Å². The molecule has 0 aromatic rings. The zero-order valence-corrected chi connectivity index (χ0v) is 8.22. The molecule has 0 unspecified atom stereocenters. The van der Waals surface area contributed by atoms with Gasteiger partial charge >= 0.3 is 70.4 Å². The van der Waals surface area contributed by atoms with E-state index in [0.29, 0.717) is 0 Å². The van der Waals surface area contributed by atoms with Crippen molar-refractivity contribution in [1.82, 2.24) is 0 Å². The van der Waals surface area contributed by atoms with Gasteiger partial charge in [0.2, 0.25) is 0 Å². The Morgan fingerprint density at radius 2 is 0.500 bits per heavy atom. The van der Waals surface area contributed by atoms with Gasteiger partial charge in [-0.2, -0.15) is 0 Å². The van der Waals surface area contributed by atoms with E-state index in [2.05, 4.69) is 0 Å². The first-order valence-electron chi connectivity index (χ1n) is 0. The minimum atomic E-state index is 0. The van der Waals surface area contributed by atoms with Gasteiger partial charge in [0.15, 0.2) is 0 Å². The van der Waals surface area contributed by atoms with Crippen LogP contribution in [0.2, 0.25) is 0 Å². The average Bonchev–Trinajstić information content (AvgIpc) is 0. The molecule has 0 nitrogen and oxygen atoms in total. The van der Waals surface area contributed by atoms with Gasteiger partial charge in [0.05, 0.1) is 0 Å². The van der Waals surface area contributed by atoms with Crippen molar-refractivity contribution in [3.8, 4) is 0 Å². The number of hydrogen-bond acceptors (Lipinski definition) is 0. The van der Waals surface area contributed by atoms with Crippen molar-refractivity contribution in [2.45, 2.75) is 0 Å². The fraction of sp³-hybridized carbons (Fsp3) is 0. The summed E-state index contributed by atoms with van der Waals surface area (Å²) in [5.41, 5.74) is 0. The Bertz CT molecular complexity index is 7.51. The molecule has 0 fully saturated rings. The molecule has 6 heavy (non-hydrogen) atoms. The summed E-state index contributed by atoms with van der Waals surface area (Å²) in [6.45, 7) is 0. The molecule has 0 aliphatic heterocycles. The van der Waals surface area contributed by atoms with E-state index in [1.54, 1.807) is 0 Å². The van der Waals surface area contributed by atoms with E-state index in [9.17, 15) is 0 Å². The fourth-order valence-electron chi connectivity index (χ4n) is 0. The third-order valence-electron chi connectivity index (χ3n) is 0. The van der Waals surface area contributed by atoms with E-state index in [4.69, 9.17) is 0 Å². The zero-order chi connectivity index (χ0) is 0. The van der Waals surface area contributed by atoms with Crippen molar-refractivity contribution in [2.24, 2.45) is 0 Å². The summed E-state index contributed by atoms with van der Waals surface area (Å²) >= 11 is 0. The smallest absolute Gasteiger partial charge is 1.00 e. The first-order valence-corrected chi connectivity index (χ1v) is 0. The van der Waals surface area contributed by atoms with Crippen LogP contribution in [-0.4, -0.2) is 0 Å². The molecular formula is F4NaNd. The third-order valence-corrected chi connectivity index (χ3v) is 0. The Kier molecular flexibility index (Phi) is 953. The monoisotopic (exact) mass is 241 g/mol. The minimum Gasteiger partial charge on any atom is -1.00 e. The maximum atomic E-state index is 0. The van der Waals surface area contributed by atoms with E-state index in [1.807, 2.05) is 0 Å². The summed E-state index contributed by atoms with van der Waals surface area (Å²) in [7, 11) is 0. The molecule has 6 heteroatoms. The molecule has 0 aromatic heterocycles. The van der Waals surface area contributed by atoms with Crippen molar-refractivity contribution in [1.29, 1.82) is 0 Å². The van der Waals surface area contributed by atoms with Crippen LogP contribution in [0.5, 0.6) is 0 Å². The summed E-state index contributed by atoms with van der Waals surface area (Å²) in [5, 5.41) is 0. The summed E-state index contributed by atoms with van der Waals surface area (Å²) in [6, 6.07) is 0. The van der Waals surface area contributed by atoms with E-state index in [-0.39, 0.29) is 89.2 Å². The van der Waals surface area contributed by atoms with Crippen molar-refractivity contribution in [3.05, 3.63) is 0 Å². The number of halogens is 4. The van der Waals surface area contributed by atoms with Gasteiger partial charge in [-0.1, -0.05) is 0 Å². The van der Waals surface area contributed by atoms with Crippen LogP contribution in [0.1, 0.15) is 0 Å². The van der Waals surface area contributed by atoms with Crippen LogP contribution >= 0.6 is 0 Å². The Morgan fingerprint density at radius 3 is 0.500 bits per heavy atom. The second-order valence-electron chi connectivity index (χ2n) is 0. The van der Waals surface area contributed by atoms with Crippen LogP contribution in [0.4, 0.5) is 0 Å². The average molecular weight is 243 g/mol. The quantitative estimate of drug-likeness (QED) is 0.293. The largest absolute Gasteiger partial charge is 3.00 e. The van der Waals surface area contributed by atoms with Gasteiger partial charge < -0.3 is 18.8 Å². The summed E-state index contributed by atoms with van der Waals surface area (Å²) < 4.78 is 0. The standard InChI is InChI=1S/4FH.Na.Nd/h4*1H;;/q;;;;+1;+3/p-4. The summed E-state index contributed by atoms with van der Waals surface area (Å²) in [6.07, 6.45) is 0. The molecule has 0 aliphatic carbocycles. The third kappa shape index (κ3) is 36.4. The molecule has 0 saturated heterocycles. The first-order chi connectivity index (χ1) is 0. The molecule has 0 saturated carbocycles. The molecule has 0 rings (SSSR count). The van der Waals surface area contributed by atoms with Gasteiger partial charge in [-0.25, -0.2) is 0 Å². The van der Waals surface area contributed by atoms with Gasteiger partial charge in [-0.15, -0.1) is 0 Å². The summed E-state index contributed by atoms with van der Waals surface area (Å²) in [4.78, 5) is 0. The molecule has 0 aliphatic rings. The van der Waals surface area contributed by atoms with E-state index in [0.717, 1.165) is 0 Å². The van der Waals surface area contributed by atoms with E-state index < -0.39 is 0 Å². The topological polar surface area (TPSA) is 0 Å². The Labute approximate surface area is 87.7 Å². The SMILES string of the molecule is [F-].[F-].[F-].[F-].[Na+].[Nd+3]. The summed E-state index contributed by atoms with van der Waals surface area (Å²) in [5.74, 6) is 0. The minimum absolute atomic E-state index is 0. The van der Waals surface area contributed by atoms with Gasteiger partial charge in [0.1, 0.15) is 0 Å². The second kappa shape index (κ2) is 60.8. The maximum Gasteiger partial charge on any atom is 3.00 e. The molecule has 0 amide bonds. The van der Waals surface area contributed by atoms with E-state index >= 15 is 0 Å². The molecule has 0 spiro atoms. The Hall–Kier alpha value is 2.07. The van der Waals surface area contributed by atoms with Crippen LogP contribution in [-0.2, 0) is 0 Å². The van der Waals surface area contributed by atoms with Gasteiger partial charge in [-0.05, 0) is 0 Å². The van der Waals surface area contributed by atoms with Crippen LogP contribution in [0, 0.1) is 40.8 Å². The predicted octanol–water partition coefficient (Wildman–Crippen LogP) is -15.0. The van der Waals surface area contributed by atoms with Crippen LogP contribution in [0.25, 0.3) is 0 Å².